The van der Waals surface area contributed by atoms with E-state index in [0.29, 0.717) is 12.2 Å². The van der Waals surface area contributed by atoms with E-state index in [1.807, 2.05) is 18.2 Å². The molecule has 0 atom stereocenters. The molecule has 0 heterocycles. The number of terminal acetylenes is 1. The summed E-state index contributed by atoms with van der Waals surface area (Å²) in [6.07, 6.45) is 17.1. The molecule has 0 amide bonds. The number of hydrogen-bond acceptors (Lipinski definition) is 2. The van der Waals surface area contributed by atoms with Gasteiger partial charge in [-0.25, -0.2) is 4.79 Å². The highest BCUT2D eigenvalue weighted by atomic mass is 127. The summed E-state index contributed by atoms with van der Waals surface area (Å²) in [5.41, 5.74) is 0.640. The molecule has 0 saturated carbocycles. The third kappa shape index (κ3) is 10.4. The van der Waals surface area contributed by atoms with Gasteiger partial charge in [-0.05, 0) is 53.6 Å². The van der Waals surface area contributed by atoms with Gasteiger partial charge in [0, 0.05) is 9.99 Å². The van der Waals surface area contributed by atoms with Gasteiger partial charge in [-0.2, -0.15) is 0 Å². The van der Waals surface area contributed by atoms with Crippen LogP contribution < -0.4 is 0 Å². The van der Waals surface area contributed by atoms with Crippen LogP contribution in [0.3, 0.4) is 0 Å². The second-order valence-corrected chi connectivity index (χ2v) is 7.03. The fraction of sp³-hybridized carbons (Fsp3) is 0.550. The summed E-state index contributed by atoms with van der Waals surface area (Å²) < 4.78 is 6.36. The Morgan fingerprint density at radius 3 is 2.22 bits per heavy atom. The second kappa shape index (κ2) is 13.4. The number of carbonyl (C=O) groups excluding carboxylic acids is 1. The minimum Gasteiger partial charge on any atom is -0.462 e. The van der Waals surface area contributed by atoms with E-state index in [4.69, 9.17) is 11.2 Å². The number of benzene rings is 1. The van der Waals surface area contributed by atoms with Crippen molar-refractivity contribution in [2.45, 2.75) is 64.2 Å². The fourth-order valence-electron chi connectivity index (χ4n) is 2.43. The molecule has 0 aliphatic rings. The van der Waals surface area contributed by atoms with Gasteiger partial charge in [0.25, 0.3) is 0 Å². The second-order valence-electron chi connectivity index (χ2n) is 5.78. The summed E-state index contributed by atoms with van der Waals surface area (Å²) in [7, 11) is 0. The molecule has 0 spiro atoms. The zero-order chi connectivity index (χ0) is 16.8. The lowest BCUT2D eigenvalue weighted by atomic mass is 10.1. The van der Waals surface area contributed by atoms with Crippen molar-refractivity contribution in [3.8, 4) is 12.3 Å². The van der Waals surface area contributed by atoms with Gasteiger partial charge in [0.1, 0.15) is 0 Å². The molecule has 0 aliphatic heterocycles. The van der Waals surface area contributed by atoms with Crippen LogP contribution in [-0.2, 0) is 4.74 Å². The molecule has 3 heteroatoms. The molecular weight excluding hydrogens is 399 g/mol. The molecule has 2 nitrogen and oxygen atoms in total. The van der Waals surface area contributed by atoms with Crippen molar-refractivity contribution in [3.05, 3.63) is 33.4 Å². The highest BCUT2D eigenvalue weighted by Crippen LogP contribution is 2.12. The minimum absolute atomic E-state index is 0.213. The lowest BCUT2D eigenvalue weighted by Gasteiger charge is -2.05. The summed E-state index contributed by atoms with van der Waals surface area (Å²) in [4.78, 5) is 11.8. The Balaban J connectivity index is 1.92. The van der Waals surface area contributed by atoms with E-state index < -0.39 is 0 Å². The molecule has 0 bridgehead atoms. The summed E-state index contributed by atoms with van der Waals surface area (Å²) in [5.74, 6) is 2.47. The molecule has 0 radical (unpaired) electrons. The van der Waals surface area contributed by atoms with Gasteiger partial charge >= 0.3 is 5.97 Å². The lowest BCUT2D eigenvalue weighted by Crippen LogP contribution is -2.06. The van der Waals surface area contributed by atoms with Crippen molar-refractivity contribution in [2.75, 3.05) is 6.61 Å². The summed E-state index contributed by atoms with van der Waals surface area (Å²) in [6, 6.07) is 7.50. The van der Waals surface area contributed by atoms with Crippen LogP contribution in [0.25, 0.3) is 0 Å². The lowest BCUT2D eigenvalue weighted by molar-refractivity contribution is 0.0497. The first-order valence-electron chi connectivity index (χ1n) is 8.60. The quantitative estimate of drug-likeness (QED) is 0.178. The van der Waals surface area contributed by atoms with Crippen molar-refractivity contribution in [1.29, 1.82) is 0 Å². The summed E-state index contributed by atoms with van der Waals surface area (Å²) >= 11 is 2.20. The van der Waals surface area contributed by atoms with E-state index in [0.717, 1.165) is 22.8 Å². The van der Waals surface area contributed by atoms with Gasteiger partial charge in [-0.15, -0.1) is 12.3 Å². The highest BCUT2D eigenvalue weighted by molar-refractivity contribution is 14.1. The topological polar surface area (TPSA) is 26.3 Å². The van der Waals surface area contributed by atoms with E-state index in [2.05, 4.69) is 28.5 Å². The molecule has 1 aromatic carbocycles. The first-order chi connectivity index (χ1) is 11.2. The Kier molecular flexibility index (Phi) is 11.7. The molecule has 1 rings (SSSR count). The van der Waals surface area contributed by atoms with Crippen molar-refractivity contribution in [1.82, 2.24) is 0 Å². The fourth-order valence-corrected chi connectivity index (χ4v) is 2.97. The van der Waals surface area contributed by atoms with Crippen LogP contribution in [0.2, 0.25) is 0 Å². The average molecular weight is 426 g/mol. The highest BCUT2D eigenvalue weighted by Gasteiger charge is 2.06. The van der Waals surface area contributed by atoms with E-state index >= 15 is 0 Å². The van der Waals surface area contributed by atoms with Crippen molar-refractivity contribution in [2.24, 2.45) is 0 Å². The number of hydrogen-bond donors (Lipinski definition) is 0. The standard InChI is InChI=1S/C20H27IO2/c1-2-3-4-5-6-7-8-9-10-11-12-16-23-20(22)18-14-13-15-19(21)17-18/h1,13-15,17H,3-12,16H2. The van der Waals surface area contributed by atoms with Crippen molar-refractivity contribution < 1.29 is 9.53 Å². The van der Waals surface area contributed by atoms with Crippen LogP contribution in [0.5, 0.6) is 0 Å². The normalized spacial score (nSPS) is 10.3. The van der Waals surface area contributed by atoms with Crippen LogP contribution in [0, 0.1) is 15.9 Å². The number of ether oxygens (including phenoxy) is 1. The molecule has 0 aliphatic carbocycles. The van der Waals surface area contributed by atoms with Gasteiger partial charge in [-0.3, -0.25) is 0 Å². The third-order valence-corrected chi connectivity index (χ3v) is 4.43. The number of rotatable bonds is 12. The first-order valence-corrected chi connectivity index (χ1v) is 9.68. The molecule has 126 valence electrons. The van der Waals surface area contributed by atoms with Gasteiger partial charge in [-0.1, -0.05) is 51.0 Å². The van der Waals surface area contributed by atoms with Gasteiger partial charge in [0.15, 0.2) is 0 Å². The molecule has 0 aromatic heterocycles. The number of halogens is 1. The van der Waals surface area contributed by atoms with E-state index in [-0.39, 0.29) is 5.97 Å². The molecule has 0 unspecified atom stereocenters. The van der Waals surface area contributed by atoms with Crippen LogP contribution in [0.4, 0.5) is 0 Å². The number of esters is 1. The smallest absolute Gasteiger partial charge is 0.338 e. The molecule has 0 saturated heterocycles. The van der Waals surface area contributed by atoms with Crippen LogP contribution in [0.1, 0.15) is 74.6 Å². The molecular formula is C20H27IO2. The van der Waals surface area contributed by atoms with Crippen LogP contribution in [-0.4, -0.2) is 12.6 Å². The molecule has 1 aromatic rings. The Morgan fingerprint density at radius 1 is 1.00 bits per heavy atom. The Hall–Kier alpha value is -1.02. The van der Waals surface area contributed by atoms with E-state index in [1.165, 1.54) is 44.9 Å². The van der Waals surface area contributed by atoms with Gasteiger partial charge in [0.05, 0.1) is 12.2 Å². The van der Waals surface area contributed by atoms with E-state index in [9.17, 15) is 4.79 Å². The monoisotopic (exact) mass is 426 g/mol. The Labute approximate surface area is 154 Å². The number of carbonyl (C=O) groups is 1. The number of unbranched alkanes of at least 4 members (excludes halogenated alkanes) is 9. The Bertz CT molecular complexity index is 491. The molecule has 0 N–H and O–H groups in total. The largest absolute Gasteiger partial charge is 0.462 e. The van der Waals surface area contributed by atoms with Crippen molar-refractivity contribution in [3.63, 3.8) is 0 Å². The maximum Gasteiger partial charge on any atom is 0.338 e. The summed E-state index contributed by atoms with van der Waals surface area (Å²) in [6.45, 7) is 0.524. The summed E-state index contributed by atoms with van der Waals surface area (Å²) in [5, 5.41) is 0. The SMILES string of the molecule is C#CCCCCCCCCCCCOC(=O)c1cccc(I)c1. The minimum atomic E-state index is -0.213. The van der Waals surface area contributed by atoms with Gasteiger partial charge < -0.3 is 4.74 Å². The van der Waals surface area contributed by atoms with Crippen LogP contribution in [0.15, 0.2) is 24.3 Å². The predicted molar refractivity (Wildman–Crippen MR) is 104 cm³/mol. The zero-order valence-corrected chi connectivity index (χ0v) is 16.0. The maximum atomic E-state index is 11.8. The molecule has 23 heavy (non-hydrogen) atoms. The average Bonchev–Trinajstić information content (AvgIpc) is 2.55. The van der Waals surface area contributed by atoms with Crippen molar-refractivity contribution >= 4 is 28.6 Å². The van der Waals surface area contributed by atoms with Gasteiger partial charge in [0.2, 0.25) is 0 Å². The Morgan fingerprint density at radius 2 is 1.61 bits per heavy atom. The molecule has 0 fully saturated rings. The van der Waals surface area contributed by atoms with Crippen LogP contribution >= 0.6 is 22.6 Å². The third-order valence-electron chi connectivity index (χ3n) is 3.76. The first kappa shape index (κ1) is 20.0. The predicted octanol–water partition coefficient (Wildman–Crippen LogP) is 5.98. The maximum absolute atomic E-state index is 11.8. The zero-order valence-electron chi connectivity index (χ0n) is 13.9. The van der Waals surface area contributed by atoms with E-state index in [1.54, 1.807) is 6.07 Å².